The number of ether oxygens (including phenoxy) is 1. The second kappa shape index (κ2) is 4.21. The van der Waals surface area contributed by atoms with Gasteiger partial charge in [-0.2, -0.15) is 0 Å². The van der Waals surface area contributed by atoms with E-state index in [0.29, 0.717) is 6.42 Å². The molecule has 0 spiro atoms. The van der Waals surface area contributed by atoms with Crippen LogP contribution in [-0.4, -0.2) is 34.6 Å². The first kappa shape index (κ1) is 9.96. The zero-order chi connectivity index (χ0) is 9.14. The van der Waals surface area contributed by atoms with Gasteiger partial charge in [-0.3, -0.25) is 0 Å². The first-order valence-corrected chi connectivity index (χ1v) is 4.66. The lowest BCUT2D eigenvalue weighted by Gasteiger charge is -2.35. The minimum Gasteiger partial charge on any atom is -0.390 e. The molecule has 1 fully saturated rings. The Balaban J connectivity index is 2.47. The lowest BCUT2D eigenvalue weighted by atomic mass is 9.96. The lowest BCUT2D eigenvalue weighted by Crippen LogP contribution is -2.47. The predicted molar refractivity (Wildman–Crippen MR) is 45.9 cm³/mol. The molecule has 3 heteroatoms. The van der Waals surface area contributed by atoms with E-state index < -0.39 is 12.2 Å². The van der Waals surface area contributed by atoms with E-state index in [1.165, 1.54) is 0 Å². The van der Waals surface area contributed by atoms with Crippen molar-refractivity contribution >= 4 is 0 Å². The maximum atomic E-state index is 9.51. The van der Waals surface area contributed by atoms with Crippen LogP contribution in [0.5, 0.6) is 0 Å². The third kappa shape index (κ3) is 2.19. The normalized spacial score (nSPS) is 43.0. The molecule has 1 rings (SSSR count). The van der Waals surface area contributed by atoms with Gasteiger partial charge in [0.15, 0.2) is 0 Å². The van der Waals surface area contributed by atoms with E-state index in [1.807, 2.05) is 13.8 Å². The average Bonchev–Trinajstić information content (AvgIpc) is 2.00. The molecule has 0 radical (unpaired) electrons. The molecule has 3 nitrogen and oxygen atoms in total. The molecule has 12 heavy (non-hydrogen) atoms. The molecule has 0 amide bonds. The summed E-state index contributed by atoms with van der Waals surface area (Å²) in [6, 6.07) is 0. The SMILES string of the molecule is CCCC1OC(C)CC(O)C1O. The molecule has 1 aliphatic heterocycles. The van der Waals surface area contributed by atoms with E-state index in [-0.39, 0.29) is 12.2 Å². The third-order valence-corrected chi connectivity index (χ3v) is 2.33. The number of aliphatic hydroxyl groups excluding tert-OH is 2. The topological polar surface area (TPSA) is 49.7 Å². The zero-order valence-corrected chi connectivity index (χ0v) is 7.73. The second-order valence-corrected chi connectivity index (χ2v) is 3.57. The molecule has 1 aliphatic rings. The average molecular weight is 174 g/mol. The van der Waals surface area contributed by atoms with Crippen LogP contribution in [0.1, 0.15) is 33.1 Å². The Kier molecular flexibility index (Phi) is 3.50. The summed E-state index contributed by atoms with van der Waals surface area (Å²) in [5.41, 5.74) is 0. The summed E-state index contributed by atoms with van der Waals surface area (Å²) in [5, 5.41) is 18.9. The van der Waals surface area contributed by atoms with Crippen LogP contribution in [-0.2, 0) is 4.74 Å². The molecule has 72 valence electrons. The van der Waals surface area contributed by atoms with Gasteiger partial charge in [0, 0.05) is 6.42 Å². The van der Waals surface area contributed by atoms with E-state index in [2.05, 4.69) is 0 Å². The summed E-state index contributed by atoms with van der Waals surface area (Å²) in [6.45, 7) is 3.97. The highest BCUT2D eigenvalue weighted by Gasteiger charge is 2.33. The van der Waals surface area contributed by atoms with Crippen molar-refractivity contribution in [3.05, 3.63) is 0 Å². The molecular formula is C9H18O3. The van der Waals surface area contributed by atoms with Gasteiger partial charge in [0.25, 0.3) is 0 Å². The van der Waals surface area contributed by atoms with Gasteiger partial charge in [0.05, 0.1) is 18.3 Å². The summed E-state index contributed by atoms with van der Waals surface area (Å²) in [4.78, 5) is 0. The molecular weight excluding hydrogens is 156 g/mol. The number of hydrogen-bond acceptors (Lipinski definition) is 3. The summed E-state index contributed by atoms with van der Waals surface area (Å²) in [5.74, 6) is 0. The fraction of sp³-hybridized carbons (Fsp3) is 1.00. The van der Waals surface area contributed by atoms with Crippen LogP contribution in [0.2, 0.25) is 0 Å². The van der Waals surface area contributed by atoms with Gasteiger partial charge in [0.1, 0.15) is 6.10 Å². The smallest absolute Gasteiger partial charge is 0.106 e. The molecule has 4 unspecified atom stereocenters. The maximum Gasteiger partial charge on any atom is 0.106 e. The quantitative estimate of drug-likeness (QED) is 0.647. The minimum atomic E-state index is -0.693. The molecule has 0 aromatic carbocycles. The molecule has 4 atom stereocenters. The van der Waals surface area contributed by atoms with Gasteiger partial charge < -0.3 is 14.9 Å². The van der Waals surface area contributed by atoms with Gasteiger partial charge in [-0.15, -0.1) is 0 Å². The number of hydrogen-bond donors (Lipinski definition) is 2. The number of aliphatic hydroxyl groups is 2. The Labute approximate surface area is 73.4 Å². The van der Waals surface area contributed by atoms with E-state index in [1.54, 1.807) is 0 Å². The van der Waals surface area contributed by atoms with Gasteiger partial charge in [-0.05, 0) is 13.3 Å². The van der Waals surface area contributed by atoms with Crippen molar-refractivity contribution < 1.29 is 14.9 Å². The first-order valence-electron chi connectivity index (χ1n) is 4.66. The van der Waals surface area contributed by atoms with Crippen molar-refractivity contribution in [1.82, 2.24) is 0 Å². The van der Waals surface area contributed by atoms with Crippen LogP contribution in [0.3, 0.4) is 0 Å². The summed E-state index contributed by atoms with van der Waals surface area (Å²) < 4.78 is 5.50. The summed E-state index contributed by atoms with van der Waals surface area (Å²) in [7, 11) is 0. The Morgan fingerprint density at radius 3 is 2.67 bits per heavy atom. The fourth-order valence-electron chi connectivity index (χ4n) is 1.69. The lowest BCUT2D eigenvalue weighted by molar-refractivity contribution is -0.165. The highest BCUT2D eigenvalue weighted by molar-refractivity contribution is 4.83. The van der Waals surface area contributed by atoms with Gasteiger partial charge in [0.2, 0.25) is 0 Å². The Morgan fingerprint density at radius 2 is 2.08 bits per heavy atom. The van der Waals surface area contributed by atoms with Crippen LogP contribution >= 0.6 is 0 Å². The van der Waals surface area contributed by atoms with Crippen LogP contribution in [0.15, 0.2) is 0 Å². The molecule has 0 aromatic rings. The van der Waals surface area contributed by atoms with Gasteiger partial charge in [-0.1, -0.05) is 13.3 Å². The first-order chi connectivity index (χ1) is 5.65. The fourth-order valence-corrected chi connectivity index (χ4v) is 1.69. The van der Waals surface area contributed by atoms with Crippen LogP contribution in [0, 0.1) is 0 Å². The summed E-state index contributed by atoms with van der Waals surface area (Å²) >= 11 is 0. The third-order valence-electron chi connectivity index (χ3n) is 2.33. The highest BCUT2D eigenvalue weighted by atomic mass is 16.5. The largest absolute Gasteiger partial charge is 0.390 e. The molecule has 1 saturated heterocycles. The molecule has 0 saturated carbocycles. The van der Waals surface area contributed by atoms with Crippen LogP contribution < -0.4 is 0 Å². The van der Waals surface area contributed by atoms with Crippen molar-refractivity contribution in [3.8, 4) is 0 Å². The van der Waals surface area contributed by atoms with Crippen LogP contribution in [0.4, 0.5) is 0 Å². The zero-order valence-electron chi connectivity index (χ0n) is 7.73. The number of rotatable bonds is 2. The van der Waals surface area contributed by atoms with Gasteiger partial charge >= 0.3 is 0 Å². The minimum absolute atomic E-state index is 0.0694. The van der Waals surface area contributed by atoms with E-state index in [4.69, 9.17) is 4.74 Å². The molecule has 2 N–H and O–H groups in total. The standard InChI is InChI=1S/C9H18O3/c1-3-4-8-9(11)7(10)5-6(2)12-8/h6-11H,3-5H2,1-2H3. The molecule has 0 aliphatic carbocycles. The second-order valence-electron chi connectivity index (χ2n) is 3.57. The molecule has 0 aromatic heterocycles. The molecule has 0 bridgehead atoms. The van der Waals surface area contributed by atoms with Gasteiger partial charge in [-0.25, -0.2) is 0 Å². The predicted octanol–water partition coefficient (Wildman–Crippen LogP) is 0.686. The maximum absolute atomic E-state index is 9.51. The molecule has 1 heterocycles. The van der Waals surface area contributed by atoms with E-state index in [9.17, 15) is 10.2 Å². The summed E-state index contributed by atoms with van der Waals surface area (Å²) in [6.07, 6.45) is 0.936. The van der Waals surface area contributed by atoms with Crippen molar-refractivity contribution in [2.75, 3.05) is 0 Å². The monoisotopic (exact) mass is 174 g/mol. The highest BCUT2D eigenvalue weighted by Crippen LogP contribution is 2.22. The van der Waals surface area contributed by atoms with Crippen molar-refractivity contribution in [2.45, 2.75) is 57.5 Å². The van der Waals surface area contributed by atoms with E-state index in [0.717, 1.165) is 12.8 Å². The van der Waals surface area contributed by atoms with Crippen molar-refractivity contribution in [3.63, 3.8) is 0 Å². The Bertz CT molecular complexity index is 138. The van der Waals surface area contributed by atoms with Crippen LogP contribution in [0.25, 0.3) is 0 Å². The van der Waals surface area contributed by atoms with Crippen molar-refractivity contribution in [1.29, 1.82) is 0 Å². The van der Waals surface area contributed by atoms with Crippen molar-refractivity contribution in [2.24, 2.45) is 0 Å². The Hall–Kier alpha value is -0.120. The Morgan fingerprint density at radius 1 is 1.42 bits per heavy atom. The van der Waals surface area contributed by atoms with E-state index >= 15 is 0 Å².